The molecule has 1 N–H and O–H groups in total. The Morgan fingerprint density at radius 2 is 2.00 bits per heavy atom. The molecule has 116 valence electrons. The zero-order valence-electron chi connectivity index (χ0n) is 12.6. The van der Waals surface area contributed by atoms with Gasteiger partial charge in [-0.2, -0.15) is 0 Å². The van der Waals surface area contributed by atoms with Crippen LogP contribution in [0.1, 0.15) is 20.9 Å². The van der Waals surface area contributed by atoms with Crippen LogP contribution in [-0.2, 0) is 0 Å². The molecule has 23 heavy (non-hydrogen) atoms. The summed E-state index contributed by atoms with van der Waals surface area (Å²) in [7, 11) is 0. The number of nitrogens with one attached hydrogen (secondary N) is 1. The Morgan fingerprint density at radius 1 is 1.17 bits per heavy atom. The maximum atomic E-state index is 12.5. The molecule has 1 amide bonds. The second kappa shape index (κ2) is 6.48. The van der Waals surface area contributed by atoms with Crippen LogP contribution in [0, 0.1) is 13.8 Å². The van der Waals surface area contributed by atoms with Gasteiger partial charge in [0.1, 0.15) is 9.88 Å². The van der Waals surface area contributed by atoms with Crippen molar-refractivity contribution >= 4 is 34.5 Å². The number of halogens is 1. The van der Waals surface area contributed by atoms with Gasteiger partial charge in [-0.25, -0.2) is 4.98 Å². The molecule has 0 fully saturated rings. The highest BCUT2D eigenvalue weighted by molar-refractivity contribution is 7.17. The number of carbonyl (C=O) groups excluding carboxylic acids is 1. The number of thiazole rings is 1. The Labute approximate surface area is 143 Å². The maximum Gasteiger partial charge on any atom is 0.267 e. The zero-order valence-corrected chi connectivity index (χ0v) is 14.2. The van der Waals surface area contributed by atoms with Gasteiger partial charge in [-0.1, -0.05) is 23.7 Å². The first-order valence-corrected chi connectivity index (χ1v) is 8.21. The number of anilines is 1. The van der Waals surface area contributed by atoms with Gasteiger partial charge in [-0.15, -0.1) is 11.3 Å². The molecular weight excluding hydrogens is 330 g/mol. The minimum Gasteiger partial charge on any atom is -0.321 e. The van der Waals surface area contributed by atoms with E-state index in [9.17, 15) is 4.79 Å². The van der Waals surface area contributed by atoms with E-state index in [4.69, 9.17) is 11.6 Å². The van der Waals surface area contributed by atoms with Gasteiger partial charge in [0.15, 0.2) is 0 Å². The van der Waals surface area contributed by atoms with Crippen LogP contribution in [0.3, 0.4) is 0 Å². The molecule has 3 rings (SSSR count). The number of aromatic nitrogens is 2. The molecule has 0 atom stereocenters. The van der Waals surface area contributed by atoms with Crippen LogP contribution in [0.15, 0.2) is 42.6 Å². The number of aryl methyl sites for hydroxylation is 1. The fourth-order valence-corrected chi connectivity index (χ4v) is 3.24. The van der Waals surface area contributed by atoms with Crippen LogP contribution in [0.5, 0.6) is 0 Å². The van der Waals surface area contributed by atoms with Gasteiger partial charge >= 0.3 is 0 Å². The summed E-state index contributed by atoms with van der Waals surface area (Å²) >= 11 is 7.42. The van der Waals surface area contributed by atoms with Gasteiger partial charge < -0.3 is 5.32 Å². The van der Waals surface area contributed by atoms with Crippen LogP contribution in [-0.4, -0.2) is 15.9 Å². The number of rotatable bonds is 3. The third-order valence-corrected chi connectivity index (χ3v) is 4.99. The highest BCUT2D eigenvalue weighted by Gasteiger charge is 2.17. The minimum atomic E-state index is -0.187. The first-order valence-electron chi connectivity index (χ1n) is 7.01. The van der Waals surface area contributed by atoms with E-state index in [1.165, 1.54) is 11.3 Å². The third-order valence-electron chi connectivity index (χ3n) is 3.40. The van der Waals surface area contributed by atoms with Crippen LogP contribution in [0.2, 0.25) is 5.02 Å². The Hall–Kier alpha value is -2.24. The molecular formula is C17H14ClN3OS. The lowest BCUT2D eigenvalue weighted by atomic mass is 10.2. The third kappa shape index (κ3) is 3.25. The number of amides is 1. The van der Waals surface area contributed by atoms with Crippen LogP contribution < -0.4 is 5.32 Å². The van der Waals surface area contributed by atoms with E-state index in [0.717, 1.165) is 16.3 Å². The molecule has 0 saturated heterocycles. The molecule has 0 aliphatic rings. The average molecular weight is 344 g/mol. The summed E-state index contributed by atoms with van der Waals surface area (Å²) in [4.78, 5) is 21.8. The van der Waals surface area contributed by atoms with Crippen LogP contribution in [0.25, 0.3) is 10.7 Å². The molecule has 0 aliphatic carbocycles. The second-order valence-electron chi connectivity index (χ2n) is 5.02. The summed E-state index contributed by atoms with van der Waals surface area (Å²) in [5, 5.41) is 4.26. The van der Waals surface area contributed by atoms with E-state index in [-0.39, 0.29) is 5.91 Å². The largest absolute Gasteiger partial charge is 0.321 e. The van der Waals surface area contributed by atoms with E-state index in [0.29, 0.717) is 21.3 Å². The second-order valence-corrected chi connectivity index (χ2v) is 6.42. The molecule has 1 aromatic carbocycles. The van der Waals surface area contributed by atoms with Gasteiger partial charge in [0.05, 0.1) is 11.4 Å². The number of hydrogen-bond acceptors (Lipinski definition) is 4. The summed E-state index contributed by atoms with van der Waals surface area (Å²) in [6, 6.07) is 11.1. The predicted molar refractivity (Wildman–Crippen MR) is 94.2 cm³/mol. The lowest BCUT2D eigenvalue weighted by molar-refractivity contribution is 0.102. The first-order chi connectivity index (χ1) is 11.1. The van der Waals surface area contributed by atoms with Crippen molar-refractivity contribution in [2.24, 2.45) is 0 Å². The molecule has 4 nitrogen and oxygen atoms in total. The predicted octanol–water partition coefficient (Wildman–Crippen LogP) is 4.73. The minimum absolute atomic E-state index is 0.187. The molecule has 0 bridgehead atoms. The Bertz CT molecular complexity index is 862. The number of benzene rings is 1. The molecule has 3 aromatic rings. The van der Waals surface area contributed by atoms with Crippen molar-refractivity contribution in [1.82, 2.24) is 9.97 Å². The number of pyridine rings is 1. The van der Waals surface area contributed by atoms with E-state index < -0.39 is 0 Å². The summed E-state index contributed by atoms with van der Waals surface area (Å²) in [5.74, 6) is -0.187. The lowest BCUT2D eigenvalue weighted by Crippen LogP contribution is -2.12. The molecule has 2 aromatic heterocycles. The molecule has 6 heteroatoms. The summed E-state index contributed by atoms with van der Waals surface area (Å²) in [5.41, 5.74) is 3.00. The highest BCUT2D eigenvalue weighted by atomic mass is 35.5. The number of carbonyl (C=O) groups is 1. The van der Waals surface area contributed by atoms with Gasteiger partial charge in [0, 0.05) is 16.9 Å². The monoisotopic (exact) mass is 343 g/mol. The summed E-state index contributed by atoms with van der Waals surface area (Å²) in [6.07, 6.45) is 1.71. The van der Waals surface area contributed by atoms with Crippen molar-refractivity contribution in [1.29, 1.82) is 0 Å². The SMILES string of the molecule is Cc1nc(-c2ccccn2)sc1C(=O)Nc1cccc(Cl)c1C. The Kier molecular flexibility index (Phi) is 4.41. The molecule has 0 saturated carbocycles. The smallest absolute Gasteiger partial charge is 0.267 e. The van der Waals surface area contributed by atoms with E-state index in [1.807, 2.05) is 44.2 Å². The van der Waals surface area contributed by atoms with Crippen molar-refractivity contribution in [2.75, 3.05) is 5.32 Å². The van der Waals surface area contributed by atoms with Crippen LogP contribution in [0.4, 0.5) is 5.69 Å². The van der Waals surface area contributed by atoms with Gasteiger partial charge in [0.2, 0.25) is 0 Å². The Morgan fingerprint density at radius 3 is 2.74 bits per heavy atom. The van der Waals surface area contributed by atoms with E-state index >= 15 is 0 Å². The maximum absolute atomic E-state index is 12.5. The van der Waals surface area contributed by atoms with E-state index in [1.54, 1.807) is 12.3 Å². The molecule has 0 spiro atoms. The van der Waals surface area contributed by atoms with Gasteiger partial charge in [-0.3, -0.25) is 9.78 Å². The molecule has 0 unspecified atom stereocenters. The number of hydrogen-bond donors (Lipinski definition) is 1. The fourth-order valence-electron chi connectivity index (χ4n) is 2.13. The van der Waals surface area contributed by atoms with Gasteiger partial charge in [0.25, 0.3) is 5.91 Å². The van der Waals surface area contributed by atoms with Crippen molar-refractivity contribution in [3.63, 3.8) is 0 Å². The first kappa shape index (κ1) is 15.6. The topological polar surface area (TPSA) is 54.9 Å². The van der Waals surface area contributed by atoms with Crippen molar-refractivity contribution < 1.29 is 4.79 Å². The lowest BCUT2D eigenvalue weighted by Gasteiger charge is -2.08. The van der Waals surface area contributed by atoms with Crippen LogP contribution >= 0.6 is 22.9 Å². The number of nitrogens with zero attached hydrogens (tertiary/aromatic N) is 2. The fraction of sp³-hybridized carbons (Fsp3) is 0.118. The van der Waals surface area contributed by atoms with Crippen molar-refractivity contribution in [3.05, 3.63) is 63.8 Å². The Balaban J connectivity index is 1.89. The van der Waals surface area contributed by atoms with Crippen molar-refractivity contribution in [3.8, 4) is 10.7 Å². The quantitative estimate of drug-likeness (QED) is 0.748. The normalized spacial score (nSPS) is 10.6. The standard InChI is InChI=1S/C17H14ClN3OS/c1-10-12(18)6-5-8-13(10)21-16(22)15-11(2)20-17(23-15)14-7-3-4-9-19-14/h3-9H,1-2H3,(H,21,22). The molecule has 2 heterocycles. The molecule has 0 aliphatic heterocycles. The summed E-state index contributed by atoms with van der Waals surface area (Å²) < 4.78 is 0. The van der Waals surface area contributed by atoms with Crippen molar-refractivity contribution in [2.45, 2.75) is 13.8 Å². The summed E-state index contributed by atoms with van der Waals surface area (Å²) in [6.45, 7) is 3.69. The zero-order chi connectivity index (χ0) is 16.4. The average Bonchev–Trinajstić information content (AvgIpc) is 2.95. The highest BCUT2D eigenvalue weighted by Crippen LogP contribution is 2.28. The van der Waals surface area contributed by atoms with Gasteiger partial charge in [-0.05, 0) is 43.7 Å². The van der Waals surface area contributed by atoms with E-state index in [2.05, 4.69) is 15.3 Å². The molecule has 0 radical (unpaired) electrons.